The molecule has 0 aliphatic heterocycles. The summed E-state index contributed by atoms with van der Waals surface area (Å²) in [6.45, 7) is 3.35. The Morgan fingerprint density at radius 1 is 1.56 bits per heavy atom. The second kappa shape index (κ2) is 5.79. The van der Waals surface area contributed by atoms with Crippen LogP contribution in [0, 0.1) is 0 Å². The zero-order valence-corrected chi connectivity index (χ0v) is 10.8. The Bertz CT molecular complexity index is 533. The first-order valence-electron chi connectivity index (χ1n) is 5.65. The summed E-state index contributed by atoms with van der Waals surface area (Å²) >= 11 is 1.72. The van der Waals surface area contributed by atoms with Crippen molar-refractivity contribution in [2.45, 2.75) is 26.4 Å². The fourth-order valence-corrected chi connectivity index (χ4v) is 2.58. The highest BCUT2D eigenvalue weighted by molar-refractivity contribution is 7.10. The maximum atomic E-state index is 10.6. The zero-order valence-electron chi connectivity index (χ0n) is 9.97. The number of carboxylic acid groups (broad SMARTS) is 1. The number of nitrogens with one attached hydrogen (secondary N) is 1. The van der Waals surface area contributed by atoms with Gasteiger partial charge in [0, 0.05) is 17.5 Å². The fraction of sp³-hybridized carbons (Fsp3) is 0.333. The van der Waals surface area contributed by atoms with Crippen molar-refractivity contribution in [2.24, 2.45) is 0 Å². The van der Waals surface area contributed by atoms with E-state index in [0.29, 0.717) is 12.3 Å². The van der Waals surface area contributed by atoms with Crippen LogP contribution in [0.5, 0.6) is 0 Å². The predicted octanol–water partition coefficient (Wildman–Crippen LogP) is 2.29. The largest absolute Gasteiger partial charge is 0.476 e. The number of hydrogen-bond donors (Lipinski definition) is 2. The summed E-state index contributed by atoms with van der Waals surface area (Å²) in [5.41, 5.74) is 1.29. The normalized spacial score (nSPS) is 10.7. The highest BCUT2D eigenvalue weighted by Crippen LogP contribution is 2.17. The van der Waals surface area contributed by atoms with E-state index >= 15 is 0 Å². The van der Waals surface area contributed by atoms with Gasteiger partial charge in [-0.1, -0.05) is 12.1 Å². The topological polar surface area (TPSA) is 75.4 Å². The van der Waals surface area contributed by atoms with Gasteiger partial charge in [-0.05, 0) is 23.4 Å². The molecule has 0 aliphatic carbocycles. The molecule has 2 aromatic heterocycles. The van der Waals surface area contributed by atoms with Crippen molar-refractivity contribution in [1.29, 1.82) is 0 Å². The average molecular weight is 266 g/mol. The molecule has 2 heterocycles. The van der Waals surface area contributed by atoms with Crippen molar-refractivity contribution in [3.63, 3.8) is 0 Å². The van der Waals surface area contributed by atoms with Crippen LogP contribution in [0.15, 0.2) is 22.0 Å². The number of carbonyl (C=O) groups is 1. The van der Waals surface area contributed by atoms with Gasteiger partial charge >= 0.3 is 5.97 Å². The van der Waals surface area contributed by atoms with E-state index in [0.717, 1.165) is 13.0 Å². The number of aromatic nitrogens is 1. The lowest BCUT2D eigenvalue weighted by Gasteiger charge is -2.02. The molecule has 96 valence electrons. The van der Waals surface area contributed by atoms with E-state index in [2.05, 4.69) is 28.8 Å². The fourth-order valence-electron chi connectivity index (χ4n) is 1.63. The van der Waals surface area contributed by atoms with Crippen LogP contribution in [0.1, 0.15) is 33.6 Å². The molecule has 0 spiro atoms. The molecule has 0 unspecified atom stereocenters. The SMILES string of the molecule is CCc1ccsc1CNCc1cc(C(=O)O)no1. The van der Waals surface area contributed by atoms with Crippen LogP contribution in [0.2, 0.25) is 0 Å². The third kappa shape index (κ3) is 2.96. The molecule has 0 fully saturated rings. The van der Waals surface area contributed by atoms with Gasteiger partial charge in [-0.3, -0.25) is 0 Å². The van der Waals surface area contributed by atoms with Gasteiger partial charge < -0.3 is 14.9 Å². The quantitative estimate of drug-likeness (QED) is 0.839. The number of rotatable bonds is 6. The first-order valence-corrected chi connectivity index (χ1v) is 6.53. The smallest absolute Gasteiger partial charge is 0.358 e. The van der Waals surface area contributed by atoms with Gasteiger partial charge in [-0.25, -0.2) is 4.79 Å². The highest BCUT2D eigenvalue weighted by Gasteiger charge is 2.10. The van der Waals surface area contributed by atoms with Gasteiger partial charge in [0.15, 0.2) is 11.5 Å². The lowest BCUT2D eigenvalue weighted by molar-refractivity contribution is 0.0685. The minimum Gasteiger partial charge on any atom is -0.476 e. The number of aromatic carboxylic acids is 1. The molecule has 0 saturated carbocycles. The first kappa shape index (κ1) is 12.8. The van der Waals surface area contributed by atoms with Crippen LogP contribution in [0.3, 0.4) is 0 Å². The zero-order chi connectivity index (χ0) is 13.0. The summed E-state index contributed by atoms with van der Waals surface area (Å²) in [4.78, 5) is 11.9. The van der Waals surface area contributed by atoms with E-state index in [4.69, 9.17) is 9.63 Å². The Morgan fingerprint density at radius 3 is 3.06 bits per heavy atom. The van der Waals surface area contributed by atoms with E-state index in [1.807, 2.05) is 0 Å². The lowest BCUT2D eigenvalue weighted by Crippen LogP contribution is -2.12. The molecule has 18 heavy (non-hydrogen) atoms. The molecule has 0 saturated heterocycles. The van der Waals surface area contributed by atoms with Gasteiger partial charge in [0.2, 0.25) is 0 Å². The van der Waals surface area contributed by atoms with Crippen molar-refractivity contribution in [3.8, 4) is 0 Å². The van der Waals surface area contributed by atoms with Gasteiger partial charge in [0.25, 0.3) is 0 Å². The first-order chi connectivity index (χ1) is 8.70. The summed E-state index contributed by atoms with van der Waals surface area (Å²) in [6.07, 6.45) is 1.02. The number of carboxylic acids is 1. The summed E-state index contributed by atoms with van der Waals surface area (Å²) in [7, 11) is 0. The maximum Gasteiger partial charge on any atom is 0.358 e. The van der Waals surface area contributed by atoms with Crippen LogP contribution in [0.4, 0.5) is 0 Å². The molecule has 0 radical (unpaired) electrons. The molecule has 0 amide bonds. The van der Waals surface area contributed by atoms with Crippen LogP contribution < -0.4 is 5.32 Å². The van der Waals surface area contributed by atoms with Crippen molar-refractivity contribution in [3.05, 3.63) is 39.4 Å². The standard InChI is InChI=1S/C12H14N2O3S/c1-2-8-3-4-18-11(8)7-13-6-9-5-10(12(15)16)14-17-9/h3-5,13H,2,6-7H2,1H3,(H,15,16). The van der Waals surface area contributed by atoms with Crippen molar-refractivity contribution >= 4 is 17.3 Å². The Hall–Kier alpha value is -1.66. The Labute approximate surface area is 108 Å². The van der Waals surface area contributed by atoms with Gasteiger partial charge in [0.1, 0.15) is 0 Å². The van der Waals surface area contributed by atoms with Crippen molar-refractivity contribution in [2.75, 3.05) is 0 Å². The van der Waals surface area contributed by atoms with Crippen molar-refractivity contribution < 1.29 is 14.4 Å². The second-order valence-corrected chi connectivity index (χ2v) is 4.81. The number of hydrogen-bond acceptors (Lipinski definition) is 5. The molecule has 0 bridgehead atoms. The number of aryl methyl sites for hydroxylation is 1. The Morgan fingerprint density at radius 2 is 2.39 bits per heavy atom. The third-order valence-corrected chi connectivity index (χ3v) is 3.54. The van der Waals surface area contributed by atoms with Gasteiger partial charge in [0.05, 0.1) is 6.54 Å². The highest BCUT2D eigenvalue weighted by atomic mass is 32.1. The van der Waals surface area contributed by atoms with Crippen LogP contribution >= 0.6 is 11.3 Å². The van der Waals surface area contributed by atoms with Gasteiger partial charge in [-0.15, -0.1) is 11.3 Å². The van der Waals surface area contributed by atoms with Crippen LogP contribution in [-0.4, -0.2) is 16.2 Å². The molecule has 0 aliphatic rings. The summed E-state index contributed by atoms with van der Waals surface area (Å²) < 4.78 is 4.91. The molecule has 2 N–H and O–H groups in total. The molecule has 2 aromatic rings. The summed E-state index contributed by atoms with van der Waals surface area (Å²) in [6, 6.07) is 3.56. The van der Waals surface area contributed by atoms with Crippen molar-refractivity contribution in [1.82, 2.24) is 10.5 Å². The third-order valence-electron chi connectivity index (χ3n) is 2.58. The minimum absolute atomic E-state index is 0.0582. The monoisotopic (exact) mass is 266 g/mol. The predicted molar refractivity (Wildman–Crippen MR) is 67.7 cm³/mol. The minimum atomic E-state index is -1.07. The van der Waals surface area contributed by atoms with E-state index in [1.54, 1.807) is 11.3 Å². The number of nitrogens with zero attached hydrogens (tertiary/aromatic N) is 1. The molecule has 0 atom stereocenters. The average Bonchev–Trinajstić information content (AvgIpc) is 2.97. The second-order valence-electron chi connectivity index (χ2n) is 3.81. The molecule has 5 nitrogen and oxygen atoms in total. The lowest BCUT2D eigenvalue weighted by atomic mass is 10.2. The summed E-state index contributed by atoms with van der Waals surface area (Å²) in [5.74, 6) is -0.543. The molecular weight excluding hydrogens is 252 g/mol. The maximum absolute atomic E-state index is 10.6. The molecule has 2 rings (SSSR count). The van der Waals surface area contributed by atoms with Crippen LogP contribution in [-0.2, 0) is 19.5 Å². The van der Waals surface area contributed by atoms with Gasteiger partial charge in [-0.2, -0.15) is 0 Å². The Balaban J connectivity index is 1.86. The van der Waals surface area contributed by atoms with E-state index < -0.39 is 5.97 Å². The van der Waals surface area contributed by atoms with Crippen LogP contribution in [0.25, 0.3) is 0 Å². The summed E-state index contributed by atoms with van der Waals surface area (Å²) in [5, 5.41) is 17.4. The number of thiophene rings is 1. The van der Waals surface area contributed by atoms with E-state index in [-0.39, 0.29) is 5.69 Å². The van der Waals surface area contributed by atoms with E-state index in [9.17, 15) is 4.79 Å². The Kier molecular flexibility index (Phi) is 4.11. The molecule has 0 aromatic carbocycles. The van der Waals surface area contributed by atoms with E-state index in [1.165, 1.54) is 16.5 Å². The molecular formula is C12H14N2O3S. The molecule has 6 heteroatoms.